The van der Waals surface area contributed by atoms with Crippen LogP contribution in [0.4, 0.5) is 5.69 Å². The Morgan fingerprint density at radius 1 is 1.24 bits per heavy atom. The van der Waals surface area contributed by atoms with Gasteiger partial charge in [0.15, 0.2) is 0 Å². The highest BCUT2D eigenvalue weighted by molar-refractivity contribution is 6.02. The average Bonchev–Trinajstić information content (AvgIpc) is 2.67. The smallest absolute Gasteiger partial charge is 0.332 e. The summed E-state index contributed by atoms with van der Waals surface area (Å²) in [6.07, 6.45) is 2.07. The Bertz CT molecular complexity index is 568. The van der Waals surface area contributed by atoms with Gasteiger partial charge in [-0.05, 0) is 31.4 Å². The Morgan fingerprint density at radius 2 is 1.88 bits per heavy atom. The maximum atomic E-state index is 12.8. The summed E-state index contributed by atoms with van der Waals surface area (Å²) in [5, 5.41) is 9.01. The SMILES string of the molecule is CCC(=O)N(c1ccccc1)C1(C(=O)OC)CCN(CCCO)CC1. The van der Waals surface area contributed by atoms with E-state index in [1.165, 1.54) is 7.11 Å². The van der Waals surface area contributed by atoms with Crippen LogP contribution in [0.3, 0.4) is 0 Å². The van der Waals surface area contributed by atoms with Gasteiger partial charge in [0.05, 0.1) is 7.11 Å². The molecule has 0 bridgehead atoms. The van der Waals surface area contributed by atoms with Gasteiger partial charge in [0.25, 0.3) is 0 Å². The van der Waals surface area contributed by atoms with Crippen LogP contribution in [0.25, 0.3) is 0 Å². The first-order valence-electron chi connectivity index (χ1n) is 8.88. The topological polar surface area (TPSA) is 70.1 Å². The van der Waals surface area contributed by atoms with Gasteiger partial charge in [-0.15, -0.1) is 0 Å². The molecule has 2 rings (SSSR count). The van der Waals surface area contributed by atoms with Crippen LogP contribution in [0.1, 0.15) is 32.6 Å². The van der Waals surface area contributed by atoms with Gasteiger partial charge < -0.3 is 14.7 Å². The normalized spacial score (nSPS) is 17.1. The molecule has 0 atom stereocenters. The van der Waals surface area contributed by atoms with Crippen LogP contribution in [-0.4, -0.2) is 60.8 Å². The number of hydrogen-bond donors (Lipinski definition) is 1. The monoisotopic (exact) mass is 348 g/mol. The van der Waals surface area contributed by atoms with Gasteiger partial charge >= 0.3 is 5.97 Å². The predicted molar refractivity (Wildman–Crippen MR) is 96.3 cm³/mol. The number of methoxy groups -OCH3 is 1. The van der Waals surface area contributed by atoms with Crippen LogP contribution in [0.5, 0.6) is 0 Å². The number of piperidine rings is 1. The number of rotatable bonds is 7. The van der Waals surface area contributed by atoms with Crippen molar-refractivity contribution in [2.45, 2.75) is 38.1 Å². The number of esters is 1. The van der Waals surface area contributed by atoms with Crippen molar-refractivity contribution < 1.29 is 19.4 Å². The van der Waals surface area contributed by atoms with Gasteiger partial charge in [-0.2, -0.15) is 0 Å². The molecule has 138 valence electrons. The van der Waals surface area contributed by atoms with E-state index in [0.29, 0.717) is 38.8 Å². The van der Waals surface area contributed by atoms with E-state index in [9.17, 15) is 9.59 Å². The lowest BCUT2D eigenvalue weighted by Crippen LogP contribution is -2.62. The van der Waals surface area contributed by atoms with Gasteiger partial charge in [0.1, 0.15) is 5.54 Å². The predicted octanol–water partition coefficient (Wildman–Crippen LogP) is 1.82. The lowest BCUT2D eigenvalue weighted by Gasteiger charge is -2.46. The highest BCUT2D eigenvalue weighted by atomic mass is 16.5. The Hall–Kier alpha value is -1.92. The molecule has 1 N–H and O–H groups in total. The van der Waals surface area contributed by atoms with E-state index in [-0.39, 0.29) is 18.5 Å². The fraction of sp³-hybridized carbons (Fsp3) is 0.579. The molecule has 1 heterocycles. The summed E-state index contributed by atoms with van der Waals surface area (Å²) in [7, 11) is 1.38. The van der Waals surface area contributed by atoms with E-state index in [0.717, 1.165) is 12.2 Å². The van der Waals surface area contributed by atoms with Gasteiger partial charge in [0, 0.05) is 38.3 Å². The van der Waals surface area contributed by atoms with Crippen LogP contribution in [-0.2, 0) is 14.3 Å². The number of amides is 1. The zero-order valence-electron chi connectivity index (χ0n) is 15.1. The first kappa shape index (κ1) is 19.4. The summed E-state index contributed by atoms with van der Waals surface area (Å²) in [4.78, 5) is 29.4. The van der Waals surface area contributed by atoms with Crippen molar-refractivity contribution in [2.75, 3.05) is 38.3 Å². The molecule has 1 aliphatic heterocycles. The van der Waals surface area contributed by atoms with Crippen molar-refractivity contribution in [3.63, 3.8) is 0 Å². The maximum absolute atomic E-state index is 12.8. The standard InChI is InChI=1S/C19H28N2O4/c1-3-17(23)21(16-8-5-4-6-9-16)19(18(24)25-2)10-13-20(14-11-19)12-7-15-22/h4-6,8-9,22H,3,7,10-15H2,1-2H3. The first-order chi connectivity index (χ1) is 12.1. The van der Waals surface area contributed by atoms with Gasteiger partial charge in [-0.1, -0.05) is 25.1 Å². The van der Waals surface area contributed by atoms with Crippen LogP contribution in [0.15, 0.2) is 30.3 Å². The van der Waals surface area contributed by atoms with Gasteiger partial charge in [-0.3, -0.25) is 9.69 Å². The maximum Gasteiger partial charge on any atom is 0.332 e. The molecule has 0 saturated carbocycles. The number of carbonyl (C=O) groups is 2. The van der Waals surface area contributed by atoms with Crippen molar-refractivity contribution in [2.24, 2.45) is 0 Å². The molecule has 0 radical (unpaired) electrons. The molecule has 1 aromatic carbocycles. The Labute approximate surface area is 149 Å². The average molecular weight is 348 g/mol. The molecule has 0 aliphatic carbocycles. The summed E-state index contributed by atoms with van der Waals surface area (Å²) in [6, 6.07) is 9.34. The fourth-order valence-corrected chi connectivity index (χ4v) is 3.51. The summed E-state index contributed by atoms with van der Waals surface area (Å²) < 4.78 is 5.12. The Balaban J connectivity index is 2.34. The van der Waals surface area contributed by atoms with Crippen molar-refractivity contribution in [3.8, 4) is 0 Å². The van der Waals surface area contributed by atoms with E-state index in [4.69, 9.17) is 9.84 Å². The number of likely N-dealkylation sites (tertiary alicyclic amines) is 1. The minimum atomic E-state index is -0.973. The summed E-state index contributed by atoms with van der Waals surface area (Å²) in [5.41, 5.74) is -0.248. The third-order valence-electron chi connectivity index (χ3n) is 4.88. The van der Waals surface area contributed by atoms with Crippen LogP contribution in [0.2, 0.25) is 0 Å². The molecule has 1 aromatic rings. The zero-order chi connectivity index (χ0) is 18.3. The molecule has 0 unspecified atom stereocenters. The molecular weight excluding hydrogens is 320 g/mol. The minimum absolute atomic E-state index is 0.0830. The number of benzene rings is 1. The number of ether oxygens (including phenoxy) is 1. The number of para-hydroxylation sites is 1. The number of aliphatic hydroxyl groups is 1. The molecule has 25 heavy (non-hydrogen) atoms. The zero-order valence-corrected chi connectivity index (χ0v) is 15.1. The van der Waals surface area contributed by atoms with Crippen LogP contribution >= 0.6 is 0 Å². The van der Waals surface area contributed by atoms with Crippen LogP contribution < -0.4 is 4.90 Å². The fourth-order valence-electron chi connectivity index (χ4n) is 3.51. The van der Waals surface area contributed by atoms with Crippen molar-refractivity contribution >= 4 is 17.6 Å². The lowest BCUT2D eigenvalue weighted by atomic mass is 9.84. The minimum Gasteiger partial charge on any atom is -0.467 e. The summed E-state index contributed by atoms with van der Waals surface area (Å²) >= 11 is 0. The van der Waals surface area contributed by atoms with E-state index in [2.05, 4.69) is 4.90 Å². The number of carbonyl (C=O) groups excluding carboxylic acids is 2. The number of hydrogen-bond acceptors (Lipinski definition) is 5. The second-order valence-corrected chi connectivity index (χ2v) is 6.36. The van der Waals surface area contributed by atoms with Crippen molar-refractivity contribution in [3.05, 3.63) is 30.3 Å². The highest BCUT2D eigenvalue weighted by Gasteiger charge is 2.49. The lowest BCUT2D eigenvalue weighted by molar-refractivity contribution is -0.151. The van der Waals surface area contributed by atoms with Crippen molar-refractivity contribution in [1.29, 1.82) is 0 Å². The van der Waals surface area contributed by atoms with Gasteiger partial charge in [-0.25, -0.2) is 4.79 Å². The number of nitrogens with zero attached hydrogens (tertiary/aromatic N) is 2. The van der Waals surface area contributed by atoms with Crippen LogP contribution in [0, 0.1) is 0 Å². The molecule has 1 aliphatic rings. The number of aliphatic hydroxyl groups excluding tert-OH is 1. The molecule has 1 amide bonds. The van der Waals surface area contributed by atoms with Gasteiger partial charge in [0.2, 0.25) is 5.91 Å². The first-order valence-corrected chi connectivity index (χ1v) is 8.88. The molecule has 1 saturated heterocycles. The number of anilines is 1. The van der Waals surface area contributed by atoms with E-state index in [1.54, 1.807) is 11.8 Å². The Morgan fingerprint density at radius 3 is 2.40 bits per heavy atom. The quantitative estimate of drug-likeness (QED) is 0.761. The molecule has 0 spiro atoms. The largest absolute Gasteiger partial charge is 0.467 e. The molecule has 6 nitrogen and oxygen atoms in total. The van der Waals surface area contributed by atoms with E-state index in [1.807, 2.05) is 30.3 Å². The third-order valence-corrected chi connectivity index (χ3v) is 4.88. The molecule has 6 heteroatoms. The molecular formula is C19H28N2O4. The second kappa shape index (κ2) is 8.97. The highest BCUT2D eigenvalue weighted by Crippen LogP contribution is 2.35. The third kappa shape index (κ3) is 4.19. The van der Waals surface area contributed by atoms with E-state index < -0.39 is 5.54 Å². The molecule has 1 fully saturated rings. The second-order valence-electron chi connectivity index (χ2n) is 6.36. The molecule has 0 aromatic heterocycles. The van der Waals surface area contributed by atoms with Crippen molar-refractivity contribution in [1.82, 2.24) is 4.90 Å². The summed E-state index contributed by atoms with van der Waals surface area (Å²) in [6.45, 7) is 4.13. The van der Waals surface area contributed by atoms with E-state index >= 15 is 0 Å². The summed E-state index contributed by atoms with van der Waals surface area (Å²) in [5.74, 6) is -0.444. The Kier molecular flexibility index (Phi) is 6.96.